The zero-order valence-electron chi connectivity index (χ0n) is 12.7. The number of hydrogen-bond donors (Lipinski definition) is 2. The lowest BCUT2D eigenvalue weighted by Crippen LogP contribution is -2.02. The van der Waals surface area contributed by atoms with Crippen LogP contribution in [-0.2, 0) is 6.42 Å². The van der Waals surface area contributed by atoms with Crippen molar-refractivity contribution in [1.82, 2.24) is 0 Å². The first kappa shape index (κ1) is 15.2. The topological polar surface area (TPSA) is 52.0 Å². The third-order valence-electron chi connectivity index (χ3n) is 3.71. The number of rotatable bonds is 6. The van der Waals surface area contributed by atoms with Crippen molar-refractivity contribution in [2.75, 3.05) is 11.5 Å². The maximum absolute atomic E-state index is 6.18. The highest BCUT2D eigenvalue weighted by Crippen LogP contribution is 2.27. The van der Waals surface area contributed by atoms with Crippen LogP contribution in [0.4, 0.5) is 11.4 Å². The second-order valence-corrected chi connectivity index (χ2v) is 5.34. The van der Waals surface area contributed by atoms with Crippen LogP contribution in [0.5, 0.6) is 0 Å². The van der Waals surface area contributed by atoms with Crippen molar-refractivity contribution in [3.63, 3.8) is 0 Å². The molecule has 0 aliphatic rings. The molecule has 2 nitrogen and oxygen atoms in total. The molecule has 2 aromatic carbocycles. The number of nitrogen functional groups attached to an aromatic ring is 2. The SMILES string of the molecule is CCCCCc1c(C=Cc2ccccc2)ccc(N)c1N. The summed E-state index contributed by atoms with van der Waals surface area (Å²) in [5.74, 6) is 0. The summed E-state index contributed by atoms with van der Waals surface area (Å²) < 4.78 is 0. The Bertz CT molecular complexity index is 600. The van der Waals surface area contributed by atoms with Gasteiger partial charge in [-0.15, -0.1) is 0 Å². The van der Waals surface area contributed by atoms with E-state index >= 15 is 0 Å². The van der Waals surface area contributed by atoms with Crippen molar-refractivity contribution in [1.29, 1.82) is 0 Å². The smallest absolute Gasteiger partial charge is 0.0586 e. The summed E-state index contributed by atoms with van der Waals surface area (Å²) >= 11 is 0. The Morgan fingerprint density at radius 2 is 1.67 bits per heavy atom. The van der Waals surface area contributed by atoms with Gasteiger partial charge >= 0.3 is 0 Å². The number of anilines is 2. The first-order valence-electron chi connectivity index (χ1n) is 7.62. The van der Waals surface area contributed by atoms with E-state index in [0.717, 1.165) is 18.5 Å². The summed E-state index contributed by atoms with van der Waals surface area (Å²) in [6.45, 7) is 2.21. The molecule has 0 unspecified atom stereocenters. The fourth-order valence-corrected chi connectivity index (χ4v) is 2.44. The van der Waals surface area contributed by atoms with Crippen molar-refractivity contribution in [3.05, 3.63) is 59.2 Å². The summed E-state index contributed by atoms with van der Waals surface area (Å²) in [5.41, 5.74) is 17.1. The molecule has 0 heterocycles. The molecule has 0 saturated heterocycles. The van der Waals surface area contributed by atoms with Gasteiger partial charge in [0.1, 0.15) is 0 Å². The summed E-state index contributed by atoms with van der Waals surface area (Å²) in [7, 11) is 0. The van der Waals surface area contributed by atoms with Crippen molar-refractivity contribution in [2.45, 2.75) is 32.6 Å². The van der Waals surface area contributed by atoms with Gasteiger partial charge in [0.15, 0.2) is 0 Å². The highest BCUT2D eigenvalue weighted by molar-refractivity contribution is 5.78. The molecule has 0 atom stereocenters. The molecule has 0 fully saturated rings. The number of hydrogen-bond acceptors (Lipinski definition) is 2. The van der Waals surface area contributed by atoms with Gasteiger partial charge in [-0.05, 0) is 35.6 Å². The number of benzene rings is 2. The van der Waals surface area contributed by atoms with Crippen molar-refractivity contribution >= 4 is 23.5 Å². The van der Waals surface area contributed by atoms with Crippen LogP contribution in [0.1, 0.15) is 42.9 Å². The molecule has 0 aromatic heterocycles. The summed E-state index contributed by atoms with van der Waals surface area (Å²) in [6.07, 6.45) is 8.81. The van der Waals surface area contributed by atoms with Crippen LogP contribution >= 0.6 is 0 Å². The number of nitrogens with two attached hydrogens (primary N) is 2. The van der Waals surface area contributed by atoms with Gasteiger partial charge in [0.05, 0.1) is 11.4 Å². The van der Waals surface area contributed by atoms with E-state index < -0.39 is 0 Å². The van der Waals surface area contributed by atoms with Crippen LogP contribution in [0.2, 0.25) is 0 Å². The van der Waals surface area contributed by atoms with E-state index in [4.69, 9.17) is 11.5 Å². The Kier molecular flexibility index (Phi) is 5.44. The minimum Gasteiger partial charge on any atom is -0.397 e. The van der Waals surface area contributed by atoms with Gasteiger partial charge in [-0.3, -0.25) is 0 Å². The van der Waals surface area contributed by atoms with E-state index in [1.807, 2.05) is 24.3 Å². The Hall–Kier alpha value is -2.22. The largest absolute Gasteiger partial charge is 0.397 e. The molecule has 4 N–H and O–H groups in total. The van der Waals surface area contributed by atoms with Crippen LogP contribution in [0, 0.1) is 0 Å². The van der Waals surface area contributed by atoms with Crippen LogP contribution < -0.4 is 11.5 Å². The molecule has 0 amide bonds. The highest BCUT2D eigenvalue weighted by Gasteiger charge is 2.07. The molecule has 0 spiro atoms. The zero-order chi connectivity index (χ0) is 15.1. The molecule has 2 rings (SSSR count). The van der Waals surface area contributed by atoms with Gasteiger partial charge in [-0.2, -0.15) is 0 Å². The summed E-state index contributed by atoms with van der Waals surface area (Å²) in [5, 5.41) is 0. The molecule has 0 aliphatic heterocycles. The predicted octanol–water partition coefficient (Wildman–Crippen LogP) is 4.75. The van der Waals surface area contributed by atoms with Gasteiger partial charge in [-0.1, -0.05) is 68.3 Å². The third-order valence-corrected chi connectivity index (χ3v) is 3.71. The molecule has 0 bridgehead atoms. The molecule has 0 saturated carbocycles. The third kappa shape index (κ3) is 4.12. The first-order valence-corrected chi connectivity index (χ1v) is 7.62. The van der Waals surface area contributed by atoms with Gasteiger partial charge in [-0.25, -0.2) is 0 Å². The lowest BCUT2D eigenvalue weighted by Gasteiger charge is -2.12. The molecule has 2 heteroatoms. The molecular weight excluding hydrogens is 256 g/mol. The van der Waals surface area contributed by atoms with Crippen LogP contribution in [-0.4, -0.2) is 0 Å². The predicted molar refractivity (Wildman–Crippen MR) is 93.9 cm³/mol. The second kappa shape index (κ2) is 7.53. The van der Waals surface area contributed by atoms with E-state index in [1.54, 1.807) is 0 Å². The van der Waals surface area contributed by atoms with Gasteiger partial charge in [0, 0.05) is 0 Å². The second-order valence-electron chi connectivity index (χ2n) is 5.34. The Balaban J connectivity index is 2.25. The maximum Gasteiger partial charge on any atom is 0.0586 e. The summed E-state index contributed by atoms with van der Waals surface area (Å²) in [4.78, 5) is 0. The molecule has 110 valence electrons. The van der Waals surface area contributed by atoms with Crippen molar-refractivity contribution in [3.8, 4) is 0 Å². The van der Waals surface area contributed by atoms with Crippen molar-refractivity contribution < 1.29 is 0 Å². The molecule has 21 heavy (non-hydrogen) atoms. The average molecular weight is 280 g/mol. The Morgan fingerprint density at radius 3 is 2.38 bits per heavy atom. The highest BCUT2D eigenvalue weighted by atomic mass is 14.7. The summed E-state index contributed by atoms with van der Waals surface area (Å²) in [6, 6.07) is 14.2. The monoisotopic (exact) mass is 280 g/mol. The Morgan fingerprint density at radius 1 is 0.905 bits per heavy atom. The quantitative estimate of drug-likeness (QED) is 0.455. The van der Waals surface area contributed by atoms with E-state index in [1.165, 1.54) is 29.5 Å². The van der Waals surface area contributed by atoms with Crippen LogP contribution in [0.25, 0.3) is 12.2 Å². The Labute approximate surface area is 127 Å². The van der Waals surface area contributed by atoms with Gasteiger partial charge < -0.3 is 11.5 Å². The molecule has 0 radical (unpaired) electrons. The van der Waals surface area contributed by atoms with Crippen LogP contribution in [0.15, 0.2) is 42.5 Å². The van der Waals surface area contributed by atoms with E-state index in [9.17, 15) is 0 Å². The van der Waals surface area contributed by atoms with Gasteiger partial charge in [0.2, 0.25) is 0 Å². The molecular formula is C19H24N2. The fourth-order valence-electron chi connectivity index (χ4n) is 2.44. The van der Waals surface area contributed by atoms with Gasteiger partial charge in [0.25, 0.3) is 0 Å². The van der Waals surface area contributed by atoms with E-state index in [-0.39, 0.29) is 0 Å². The fraction of sp³-hybridized carbons (Fsp3) is 0.263. The first-order chi connectivity index (χ1) is 10.2. The van der Waals surface area contributed by atoms with E-state index in [0.29, 0.717) is 5.69 Å². The molecule has 2 aromatic rings. The number of unbranched alkanes of at least 4 members (excludes halogenated alkanes) is 2. The minimum absolute atomic E-state index is 0.679. The lowest BCUT2D eigenvalue weighted by molar-refractivity contribution is 0.718. The normalized spacial score (nSPS) is 11.1. The maximum atomic E-state index is 6.18. The minimum atomic E-state index is 0.679. The molecule has 0 aliphatic carbocycles. The zero-order valence-corrected chi connectivity index (χ0v) is 12.7. The van der Waals surface area contributed by atoms with E-state index in [2.05, 4.69) is 37.3 Å². The average Bonchev–Trinajstić information content (AvgIpc) is 2.52. The van der Waals surface area contributed by atoms with Crippen LogP contribution in [0.3, 0.4) is 0 Å². The standard InChI is InChI=1S/C19H24N2/c1-2-3-5-10-17-16(13-14-18(20)19(17)21)12-11-15-8-6-4-7-9-15/h4,6-9,11-14H,2-3,5,10,20-21H2,1H3. The van der Waals surface area contributed by atoms with Crippen molar-refractivity contribution in [2.24, 2.45) is 0 Å². The lowest BCUT2D eigenvalue weighted by atomic mass is 9.97.